The lowest BCUT2D eigenvalue weighted by Gasteiger charge is -2.13. The molecule has 3 rings (SSSR count). The third-order valence-corrected chi connectivity index (χ3v) is 4.86. The smallest absolute Gasteiger partial charge is 0.191 e. The summed E-state index contributed by atoms with van der Waals surface area (Å²) in [4.78, 5) is 4.79. The summed E-state index contributed by atoms with van der Waals surface area (Å²) in [7, 11) is 1.69. The van der Waals surface area contributed by atoms with Crippen LogP contribution in [0.5, 0.6) is 5.75 Å². The van der Waals surface area contributed by atoms with Crippen LogP contribution in [0.2, 0.25) is 0 Å². The average molecular weight is 406 g/mol. The molecule has 0 fully saturated rings. The SMILES string of the molecule is CCNC(=NCc1ccccc1Cn1cccn1)NCCCc1ccc(OC)cc1. The second kappa shape index (κ2) is 11.7. The number of nitrogens with zero attached hydrogens (tertiary/aromatic N) is 3. The van der Waals surface area contributed by atoms with Crippen molar-refractivity contribution in [2.45, 2.75) is 32.9 Å². The number of guanidine groups is 1. The summed E-state index contributed by atoms with van der Waals surface area (Å²) in [6.45, 7) is 5.17. The number of nitrogens with one attached hydrogen (secondary N) is 2. The summed E-state index contributed by atoms with van der Waals surface area (Å²) >= 11 is 0. The monoisotopic (exact) mass is 405 g/mol. The number of aryl methyl sites for hydroxylation is 1. The molecular weight excluding hydrogens is 374 g/mol. The van der Waals surface area contributed by atoms with Crippen LogP contribution in [-0.4, -0.2) is 35.9 Å². The van der Waals surface area contributed by atoms with E-state index in [1.54, 1.807) is 13.3 Å². The van der Waals surface area contributed by atoms with Crippen LogP contribution in [-0.2, 0) is 19.5 Å². The van der Waals surface area contributed by atoms with Gasteiger partial charge in [0.05, 0.1) is 20.2 Å². The third kappa shape index (κ3) is 6.65. The van der Waals surface area contributed by atoms with Gasteiger partial charge in [0, 0.05) is 25.5 Å². The molecule has 0 atom stereocenters. The first kappa shape index (κ1) is 21.4. The summed E-state index contributed by atoms with van der Waals surface area (Å²) in [6.07, 6.45) is 5.84. The predicted molar refractivity (Wildman–Crippen MR) is 122 cm³/mol. The van der Waals surface area contributed by atoms with E-state index in [0.717, 1.165) is 44.2 Å². The molecule has 0 bridgehead atoms. The Bertz CT molecular complexity index is 904. The van der Waals surface area contributed by atoms with Crippen molar-refractivity contribution in [3.63, 3.8) is 0 Å². The van der Waals surface area contributed by atoms with Crippen molar-refractivity contribution in [1.82, 2.24) is 20.4 Å². The number of hydrogen-bond acceptors (Lipinski definition) is 3. The van der Waals surface area contributed by atoms with Gasteiger partial charge in [-0.25, -0.2) is 4.99 Å². The van der Waals surface area contributed by atoms with Crippen molar-refractivity contribution in [1.29, 1.82) is 0 Å². The van der Waals surface area contributed by atoms with Gasteiger partial charge < -0.3 is 15.4 Å². The molecule has 0 saturated heterocycles. The molecule has 1 heterocycles. The lowest BCUT2D eigenvalue weighted by Crippen LogP contribution is -2.37. The summed E-state index contributed by atoms with van der Waals surface area (Å²) in [5.74, 6) is 1.74. The molecule has 6 nitrogen and oxygen atoms in total. The fourth-order valence-corrected chi connectivity index (χ4v) is 3.23. The Morgan fingerprint density at radius 2 is 1.83 bits per heavy atom. The number of aliphatic imine (C=N–C) groups is 1. The zero-order valence-electron chi connectivity index (χ0n) is 17.8. The first-order valence-corrected chi connectivity index (χ1v) is 10.5. The van der Waals surface area contributed by atoms with Gasteiger partial charge in [-0.3, -0.25) is 4.68 Å². The van der Waals surface area contributed by atoms with Gasteiger partial charge in [-0.15, -0.1) is 0 Å². The van der Waals surface area contributed by atoms with Gasteiger partial charge >= 0.3 is 0 Å². The molecule has 0 aliphatic heterocycles. The van der Waals surface area contributed by atoms with E-state index >= 15 is 0 Å². The molecule has 0 unspecified atom stereocenters. The maximum absolute atomic E-state index is 5.21. The zero-order chi connectivity index (χ0) is 21.0. The highest BCUT2D eigenvalue weighted by molar-refractivity contribution is 5.79. The van der Waals surface area contributed by atoms with Crippen molar-refractivity contribution in [3.8, 4) is 5.75 Å². The highest BCUT2D eigenvalue weighted by atomic mass is 16.5. The normalized spacial score (nSPS) is 11.3. The molecule has 0 aliphatic rings. The van der Waals surface area contributed by atoms with Crippen LogP contribution in [0, 0.1) is 0 Å². The van der Waals surface area contributed by atoms with Crippen LogP contribution in [0.4, 0.5) is 0 Å². The molecule has 2 aromatic carbocycles. The van der Waals surface area contributed by atoms with Gasteiger partial charge in [0.25, 0.3) is 0 Å². The Morgan fingerprint density at radius 3 is 2.53 bits per heavy atom. The number of ether oxygens (including phenoxy) is 1. The fraction of sp³-hybridized carbons (Fsp3) is 0.333. The molecule has 158 valence electrons. The minimum absolute atomic E-state index is 0.630. The van der Waals surface area contributed by atoms with Crippen molar-refractivity contribution < 1.29 is 4.74 Å². The topological polar surface area (TPSA) is 63.5 Å². The number of benzene rings is 2. The largest absolute Gasteiger partial charge is 0.497 e. The van der Waals surface area contributed by atoms with Gasteiger partial charge in [0.15, 0.2) is 5.96 Å². The van der Waals surface area contributed by atoms with Crippen molar-refractivity contribution in [2.75, 3.05) is 20.2 Å². The van der Waals surface area contributed by atoms with Crippen LogP contribution in [0.1, 0.15) is 30.0 Å². The predicted octanol–water partition coefficient (Wildman–Crippen LogP) is 3.63. The summed E-state index contributed by atoms with van der Waals surface area (Å²) in [5.41, 5.74) is 3.76. The van der Waals surface area contributed by atoms with Crippen molar-refractivity contribution in [3.05, 3.63) is 83.7 Å². The van der Waals surface area contributed by atoms with Gasteiger partial charge in [-0.2, -0.15) is 5.10 Å². The van der Waals surface area contributed by atoms with Gasteiger partial charge in [-0.05, 0) is 54.7 Å². The Morgan fingerprint density at radius 1 is 1.03 bits per heavy atom. The minimum Gasteiger partial charge on any atom is -0.497 e. The summed E-state index contributed by atoms with van der Waals surface area (Å²) in [6, 6.07) is 18.6. The van der Waals surface area contributed by atoms with E-state index < -0.39 is 0 Å². The van der Waals surface area contributed by atoms with E-state index in [1.165, 1.54) is 16.7 Å². The van der Waals surface area contributed by atoms with Crippen LogP contribution in [0.15, 0.2) is 72.0 Å². The molecule has 0 radical (unpaired) electrons. The van der Waals surface area contributed by atoms with Gasteiger partial charge in [0.2, 0.25) is 0 Å². The molecule has 0 amide bonds. The Balaban J connectivity index is 1.53. The molecule has 2 N–H and O–H groups in total. The molecule has 1 aromatic heterocycles. The highest BCUT2D eigenvalue weighted by Crippen LogP contribution is 2.13. The van der Waals surface area contributed by atoms with Crippen LogP contribution >= 0.6 is 0 Å². The molecule has 3 aromatic rings. The third-order valence-electron chi connectivity index (χ3n) is 4.86. The number of methoxy groups -OCH3 is 1. The quantitative estimate of drug-likeness (QED) is 0.307. The molecule has 0 saturated carbocycles. The molecular formula is C24H31N5O. The second-order valence-electron chi connectivity index (χ2n) is 7.05. The van der Waals surface area contributed by atoms with E-state index in [9.17, 15) is 0 Å². The second-order valence-corrected chi connectivity index (χ2v) is 7.05. The van der Waals surface area contributed by atoms with Crippen LogP contribution in [0.25, 0.3) is 0 Å². The number of rotatable bonds is 10. The van der Waals surface area contributed by atoms with E-state index in [2.05, 4.69) is 59.1 Å². The maximum atomic E-state index is 5.21. The van der Waals surface area contributed by atoms with Gasteiger partial charge in [-0.1, -0.05) is 36.4 Å². The molecule has 0 spiro atoms. The number of aromatic nitrogens is 2. The Labute approximate surface area is 179 Å². The van der Waals surface area contributed by atoms with E-state index in [4.69, 9.17) is 9.73 Å². The first-order chi connectivity index (χ1) is 14.8. The van der Waals surface area contributed by atoms with Crippen LogP contribution in [0.3, 0.4) is 0 Å². The van der Waals surface area contributed by atoms with E-state index in [-0.39, 0.29) is 0 Å². The van der Waals surface area contributed by atoms with E-state index in [0.29, 0.717) is 6.54 Å². The van der Waals surface area contributed by atoms with Gasteiger partial charge in [0.1, 0.15) is 5.75 Å². The molecule has 30 heavy (non-hydrogen) atoms. The standard InChI is InChI=1S/C24H31N5O/c1-3-25-24(26-15-6-8-20-11-13-23(30-2)14-12-20)27-18-21-9-4-5-10-22(21)19-29-17-7-16-28-29/h4-5,7,9-14,16-17H,3,6,8,15,18-19H2,1-2H3,(H2,25,26,27). The molecule has 6 heteroatoms. The molecule has 0 aliphatic carbocycles. The average Bonchev–Trinajstić information content (AvgIpc) is 3.29. The Kier molecular flexibility index (Phi) is 8.33. The fourth-order valence-electron chi connectivity index (χ4n) is 3.23. The number of hydrogen-bond donors (Lipinski definition) is 2. The lowest BCUT2D eigenvalue weighted by molar-refractivity contribution is 0.414. The Hall–Kier alpha value is -3.28. The first-order valence-electron chi connectivity index (χ1n) is 10.5. The maximum Gasteiger partial charge on any atom is 0.191 e. The highest BCUT2D eigenvalue weighted by Gasteiger charge is 2.04. The van der Waals surface area contributed by atoms with Crippen LogP contribution < -0.4 is 15.4 Å². The van der Waals surface area contributed by atoms with Crippen molar-refractivity contribution in [2.24, 2.45) is 4.99 Å². The van der Waals surface area contributed by atoms with Crippen molar-refractivity contribution >= 4 is 5.96 Å². The minimum atomic E-state index is 0.630. The van der Waals surface area contributed by atoms with E-state index in [1.807, 2.05) is 29.1 Å². The summed E-state index contributed by atoms with van der Waals surface area (Å²) in [5, 5.41) is 11.1. The summed E-state index contributed by atoms with van der Waals surface area (Å²) < 4.78 is 7.15. The lowest BCUT2D eigenvalue weighted by atomic mass is 10.1. The zero-order valence-corrected chi connectivity index (χ0v) is 17.8.